The van der Waals surface area contributed by atoms with Crippen molar-refractivity contribution in [3.63, 3.8) is 0 Å². The van der Waals surface area contributed by atoms with Crippen LogP contribution in [0.25, 0.3) is 0 Å². The van der Waals surface area contributed by atoms with Gasteiger partial charge in [0.1, 0.15) is 0 Å². The van der Waals surface area contributed by atoms with Gasteiger partial charge in [-0.25, -0.2) is 0 Å². The normalized spacial score (nSPS) is 9.94. The number of anilines is 1. The van der Waals surface area contributed by atoms with Crippen molar-refractivity contribution in [3.05, 3.63) is 46.8 Å². The highest BCUT2D eigenvalue weighted by atomic mass is 15.1. The van der Waals surface area contributed by atoms with Gasteiger partial charge in [0.2, 0.25) is 0 Å². The summed E-state index contributed by atoms with van der Waals surface area (Å²) in [5.41, 5.74) is 4.98. The van der Waals surface area contributed by atoms with E-state index in [0.717, 1.165) is 22.5 Å². The fourth-order valence-corrected chi connectivity index (χ4v) is 1.63. The van der Waals surface area contributed by atoms with E-state index >= 15 is 0 Å². The van der Waals surface area contributed by atoms with E-state index in [2.05, 4.69) is 21.6 Å². The van der Waals surface area contributed by atoms with E-state index in [0.29, 0.717) is 12.1 Å². The predicted molar refractivity (Wildman–Crippen MR) is 66.5 cm³/mol. The zero-order valence-electron chi connectivity index (χ0n) is 9.91. The van der Waals surface area contributed by atoms with Crippen LogP contribution < -0.4 is 5.32 Å². The van der Waals surface area contributed by atoms with E-state index in [1.807, 2.05) is 38.2 Å². The van der Waals surface area contributed by atoms with Gasteiger partial charge in [0.25, 0.3) is 0 Å². The standard InChI is InChI=1S/C13H14N4/c1-9-3-4-11(6-14)5-13(9)15-7-12-8-16-17-10(12)2/h3-5,8,15H,7H2,1-2H3,(H,16,17). The Morgan fingerprint density at radius 1 is 1.41 bits per heavy atom. The summed E-state index contributed by atoms with van der Waals surface area (Å²) in [6.45, 7) is 4.71. The van der Waals surface area contributed by atoms with Crippen molar-refractivity contribution in [2.45, 2.75) is 20.4 Å². The zero-order chi connectivity index (χ0) is 12.3. The smallest absolute Gasteiger partial charge is 0.0992 e. The quantitative estimate of drug-likeness (QED) is 0.845. The molecule has 1 aromatic carbocycles. The third-order valence-corrected chi connectivity index (χ3v) is 2.77. The molecule has 17 heavy (non-hydrogen) atoms. The van der Waals surface area contributed by atoms with Crippen molar-refractivity contribution >= 4 is 5.69 Å². The Morgan fingerprint density at radius 3 is 2.88 bits per heavy atom. The molecule has 0 amide bonds. The lowest BCUT2D eigenvalue weighted by atomic mass is 10.1. The maximum Gasteiger partial charge on any atom is 0.0992 e. The predicted octanol–water partition coefficient (Wildman–Crippen LogP) is 2.51. The monoisotopic (exact) mass is 226 g/mol. The van der Waals surface area contributed by atoms with Crippen LogP contribution in [0.2, 0.25) is 0 Å². The van der Waals surface area contributed by atoms with E-state index in [9.17, 15) is 0 Å². The zero-order valence-corrected chi connectivity index (χ0v) is 9.91. The minimum Gasteiger partial charge on any atom is -0.381 e. The number of rotatable bonds is 3. The average molecular weight is 226 g/mol. The van der Waals surface area contributed by atoms with Gasteiger partial charge < -0.3 is 5.32 Å². The molecule has 0 unspecified atom stereocenters. The fraction of sp³-hybridized carbons (Fsp3) is 0.231. The maximum atomic E-state index is 8.86. The Bertz CT molecular complexity index is 563. The number of aromatic nitrogens is 2. The number of aromatic amines is 1. The van der Waals surface area contributed by atoms with Crippen LogP contribution in [0.3, 0.4) is 0 Å². The molecule has 0 radical (unpaired) electrons. The van der Waals surface area contributed by atoms with Crippen molar-refractivity contribution in [2.24, 2.45) is 0 Å². The Morgan fingerprint density at radius 2 is 2.24 bits per heavy atom. The topological polar surface area (TPSA) is 64.5 Å². The third kappa shape index (κ3) is 2.45. The molecular formula is C13H14N4. The molecule has 4 heteroatoms. The van der Waals surface area contributed by atoms with E-state index in [4.69, 9.17) is 5.26 Å². The molecule has 0 aliphatic rings. The summed E-state index contributed by atoms with van der Waals surface area (Å²) in [7, 11) is 0. The van der Waals surface area contributed by atoms with Crippen LogP contribution in [0, 0.1) is 25.2 Å². The molecule has 86 valence electrons. The number of nitrogens with one attached hydrogen (secondary N) is 2. The number of nitriles is 1. The lowest BCUT2D eigenvalue weighted by molar-refractivity contribution is 1.04. The van der Waals surface area contributed by atoms with Crippen LogP contribution in [0.5, 0.6) is 0 Å². The van der Waals surface area contributed by atoms with Crippen LogP contribution in [0.15, 0.2) is 24.4 Å². The number of aryl methyl sites for hydroxylation is 2. The molecule has 4 nitrogen and oxygen atoms in total. The van der Waals surface area contributed by atoms with E-state index in [1.165, 1.54) is 0 Å². The van der Waals surface area contributed by atoms with Crippen molar-refractivity contribution in [1.82, 2.24) is 10.2 Å². The molecular weight excluding hydrogens is 212 g/mol. The Hall–Kier alpha value is -2.28. The maximum absolute atomic E-state index is 8.86. The molecule has 0 fully saturated rings. The van der Waals surface area contributed by atoms with Crippen LogP contribution in [-0.4, -0.2) is 10.2 Å². The highest BCUT2D eigenvalue weighted by Crippen LogP contribution is 2.17. The average Bonchev–Trinajstić information content (AvgIpc) is 2.74. The van der Waals surface area contributed by atoms with Crippen molar-refractivity contribution in [2.75, 3.05) is 5.32 Å². The van der Waals surface area contributed by atoms with Gasteiger partial charge in [-0.15, -0.1) is 0 Å². The number of hydrogen-bond donors (Lipinski definition) is 2. The lowest BCUT2D eigenvalue weighted by Gasteiger charge is -2.09. The van der Waals surface area contributed by atoms with E-state index < -0.39 is 0 Å². The molecule has 0 aliphatic carbocycles. The Kier molecular flexibility index (Phi) is 3.10. The molecule has 0 atom stereocenters. The first kappa shape index (κ1) is 11.2. The molecule has 2 N–H and O–H groups in total. The molecule has 0 spiro atoms. The van der Waals surface area contributed by atoms with Crippen LogP contribution in [-0.2, 0) is 6.54 Å². The van der Waals surface area contributed by atoms with Gasteiger partial charge in [0.15, 0.2) is 0 Å². The van der Waals surface area contributed by atoms with Crippen molar-refractivity contribution in [1.29, 1.82) is 5.26 Å². The molecule has 0 bridgehead atoms. The lowest BCUT2D eigenvalue weighted by Crippen LogP contribution is -2.01. The highest BCUT2D eigenvalue weighted by Gasteiger charge is 2.03. The Balaban J connectivity index is 2.14. The molecule has 0 aliphatic heterocycles. The van der Waals surface area contributed by atoms with Gasteiger partial charge in [-0.2, -0.15) is 10.4 Å². The fourth-order valence-electron chi connectivity index (χ4n) is 1.63. The molecule has 2 aromatic rings. The molecule has 1 heterocycles. The third-order valence-electron chi connectivity index (χ3n) is 2.77. The second kappa shape index (κ2) is 4.71. The van der Waals surface area contributed by atoms with Crippen LogP contribution in [0.4, 0.5) is 5.69 Å². The highest BCUT2D eigenvalue weighted by molar-refractivity contribution is 5.55. The molecule has 0 saturated carbocycles. The summed E-state index contributed by atoms with van der Waals surface area (Å²) in [6, 6.07) is 7.78. The summed E-state index contributed by atoms with van der Waals surface area (Å²) in [4.78, 5) is 0. The number of nitrogens with zero attached hydrogens (tertiary/aromatic N) is 2. The van der Waals surface area contributed by atoms with Gasteiger partial charge in [0.05, 0.1) is 17.8 Å². The van der Waals surface area contributed by atoms with E-state index in [-0.39, 0.29) is 0 Å². The molecule has 0 saturated heterocycles. The second-order valence-corrected chi connectivity index (χ2v) is 4.02. The minimum absolute atomic E-state index is 0.669. The largest absolute Gasteiger partial charge is 0.381 e. The minimum atomic E-state index is 0.669. The molecule has 1 aromatic heterocycles. The van der Waals surface area contributed by atoms with Crippen molar-refractivity contribution < 1.29 is 0 Å². The molecule has 2 rings (SSSR count). The van der Waals surface area contributed by atoms with E-state index in [1.54, 1.807) is 0 Å². The first-order valence-corrected chi connectivity index (χ1v) is 5.44. The first-order chi connectivity index (χ1) is 8.20. The first-order valence-electron chi connectivity index (χ1n) is 5.44. The van der Waals surface area contributed by atoms with Gasteiger partial charge in [-0.05, 0) is 31.5 Å². The number of H-pyrrole nitrogens is 1. The Labute approximate surface area is 100 Å². The summed E-state index contributed by atoms with van der Waals surface area (Å²) in [5, 5.41) is 19.0. The summed E-state index contributed by atoms with van der Waals surface area (Å²) >= 11 is 0. The summed E-state index contributed by atoms with van der Waals surface area (Å²) in [5.74, 6) is 0. The SMILES string of the molecule is Cc1ccc(C#N)cc1NCc1cn[nH]c1C. The van der Waals surface area contributed by atoms with Gasteiger partial charge in [0, 0.05) is 23.5 Å². The van der Waals surface area contributed by atoms with Gasteiger partial charge in [-0.1, -0.05) is 6.07 Å². The van der Waals surface area contributed by atoms with Crippen LogP contribution >= 0.6 is 0 Å². The van der Waals surface area contributed by atoms with Gasteiger partial charge >= 0.3 is 0 Å². The number of hydrogen-bond acceptors (Lipinski definition) is 3. The second-order valence-electron chi connectivity index (χ2n) is 4.02. The number of benzene rings is 1. The van der Waals surface area contributed by atoms with Crippen molar-refractivity contribution in [3.8, 4) is 6.07 Å². The van der Waals surface area contributed by atoms with Gasteiger partial charge in [-0.3, -0.25) is 5.10 Å². The summed E-state index contributed by atoms with van der Waals surface area (Å²) in [6.07, 6.45) is 1.81. The van der Waals surface area contributed by atoms with Crippen LogP contribution in [0.1, 0.15) is 22.4 Å². The summed E-state index contributed by atoms with van der Waals surface area (Å²) < 4.78 is 0.